The third-order valence-corrected chi connectivity index (χ3v) is 7.27. The number of carbonyl (C=O) groups excluding carboxylic acids is 1. The van der Waals surface area contributed by atoms with Gasteiger partial charge in [0.2, 0.25) is 5.91 Å². The summed E-state index contributed by atoms with van der Waals surface area (Å²) in [7, 11) is -0.912. The van der Waals surface area contributed by atoms with Crippen molar-refractivity contribution in [3.05, 3.63) is 87.9 Å². The van der Waals surface area contributed by atoms with Gasteiger partial charge in [-0.2, -0.15) is 0 Å². The van der Waals surface area contributed by atoms with E-state index in [-0.39, 0.29) is 27.2 Å². The molecule has 0 aliphatic heterocycles. The summed E-state index contributed by atoms with van der Waals surface area (Å²) in [6, 6.07) is 18.2. The Morgan fingerprint density at radius 2 is 1.58 bits per heavy atom. The van der Waals surface area contributed by atoms with Crippen molar-refractivity contribution in [3.63, 3.8) is 0 Å². The molecular weight excluding hydrogens is 483 g/mol. The van der Waals surface area contributed by atoms with Crippen molar-refractivity contribution in [1.29, 1.82) is 0 Å². The summed E-state index contributed by atoms with van der Waals surface area (Å²) in [5.74, 6) is 0.232. The first kappa shape index (κ1) is 24.9. The highest BCUT2D eigenvalue weighted by Crippen LogP contribution is 2.30. The van der Waals surface area contributed by atoms with Gasteiger partial charge in [0.15, 0.2) is 0 Å². The lowest BCUT2D eigenvalue weighted by atomic mass is 10.2. The molecular formula is C24H24Cl2N2O4S. The van der Waals surface area contributed by atoms with Gasteiger partial charge in [-0.15, -0.1) is 0 Å². The molecule has 1 amide bonds. The summed E-state index contributed by atoms with van der Waals surface area (Å²) < 4.78 is 33.4. The van der Waals surface area contributed by atoms with Crippen LogP contribution in [0.1, 0.15) is 11.1 Å². The molecule has 33 heavy (non-hydrogen) atoms. The van der Waals surface area contributed by atoms with Crippen molar-refractivity contribution < 1.29 is 17.9 Å². The number of likely N-dealkylation sites (N-methyl/N-ethyl adjacent to an activating group) is 1. The number of halogens is 2. The molecule has 6 nitrogen and oxygen atoms in total. The van der Waals surface area contributed by atoms with Crippen LogP contribution in [0.5, 0.6) is 5.75 Å². The Morgan fingerprint density at radius 1 is 0.970 bits per heavy atom. The number of hydrogen-bond donors (Lipinski definition) is 0. The first-order valence-corrected chi connectivity index (χ1v) is 12.2. The van der Waals surface area contributed by atoms with E-state index in [1.807, 2.05) is 25.1 Å². The maximum absolute atomic E-state index is 13.5. The largest absolute Gasteiger partial charge is 0.496 e. The van der Waals surface area contributed by atoms with Gasteiger partial charge in [0.25, 0.3) is 10.0 Å². The zero-order valence-corrected chi connectivity index (χ0v) is 20.8. The maximum atomic E-state index is 13.5. The van der Waals surface area contributed by atoms with Gasteiger partial charge >= 0.3 is 0 Å². The molecule has 0 aliphatic rings. The van der Waals surface area contributed by atoms with Gasteiger partial charge in [0.05, 0.1) is 17.7 Å². The Morgan fingerprint density at radius 3 is 2.18 bits per heavy atom. The molecule has 9 heteroatoms. The smallest absolute Gasteiger partial charge is 0.264 e. The fourth-order valence-electron chi connectivity index (χ4n) is 3.26. The van der Waals surface area contributed by atoms with Crippen LogP contribution in [0.2, 0.25) is 10.0 Å². The van der Waals surface area contributed by atoms with E-state index in [9.17, 15) is 13.2 Å². The standard InChI is InChI=1S/C24H24Cl2N2O4S/c1-17-8-10-22(11-9-17)33(30,31)28(21-13-19(25)12-20(26)14-21)16-24(29)27(2)15-18-6-4-5-7-23(18)32-3/h4-14H,15-16H2,1-3H3. The van der Waals surface area contributed by atoms with Crippen molar-refractivity contribution in [3.8, 4) is 5.75 Å². The minimum atomic E-state index is -4.07. The molecule has 0 aliphatic carbocycles. The molecule has 0 saturated heterocycles. The van der Waals surface area contributed by atoms with Crippen molar-refractivity contribution in [2.45, 2.75) is 18.4 Å². The summed E-state index contributed by atoms with van der Waals surface area (Å²) >= 11 is 12.3. The summed E-state index contributed by atoms with van der Waals surface area (Å²) in [6.45, 7) is 1.68. The predicted octanol–water partition coefficient (Wildman–Crippen LogP) is 5.16. The first-order chi connectivity index (χ1) is 15.6. The Bertz CT molecular complexity index is 1230. The quantitative estimate of drug-likeness (QED) is 0.422. The fourth-order valence-corrected chi connectivity index (χ4v) is 5.17. The van der Waals surface area contributed by atoms with Crippen LogP contribution in [0.4, 0.5) is 5.69 Å². The minimum Gasteiger partial charge on any atom is -0.496 e. The van der Waals surface area contributed by atoms with Crippen molar-refractivity contribution in [1.82, 2.24) is 4.90 Å². The second kappa shape index (κ2) is 10.5. The number of hydrogen-bond acceptors (Lipinski definition) is 4. The molecule has 0 bridgehead atoms. The number of amides is 1. The summed E-state index contributed by atoms with van der Waals surface area (Å²) in [5.41, 5.74) is 1.92. The van der Waals surface area contributed by atoms with E-state index >= 15 is 0 Å². The van der Waals surface area contributed by atoms with E-state index < -0.39 is 22.5 Å². The number of methoxy groups -OCH3 is 1. The van der Waals surface area contributed by atoms with E-state index in [0.29, 0.717) is 5.75 Å². The van der Waals surface area contributed by atoms with E-state index in [1.54, 1.807) is 32.4 Å². The topological polar surface area (TPSA) is 66.9 Å². The molecule has 0 aromatic heterocycles. The molecule has 0 spiro atoms. The van der Waals surface area contributed by atoms with Gasteiger partial charge in [0.1, 0.15) is 12.3 Å². The summed E-state index contributed by atoms with van der Waals surface area (Å²) in [6.07, 6.45) is 0. The molecule has 174 valence electrons. The normalized spacial score (nSPS) is 11.2. The molecule has 0 heterocycles. The van der Waals surface area contributed by atoms with Gasteiger partial charge in [-0.05, 0) is 43.3 Å². The average Bonchev–Trinajstić information content (AvgIpc) is 2.77. The molecule has 0 radical (unpaired) electrons. The highest BCUT2D eigenvalue weighted by Gasteiger charge is 2.29. The van der Waals surface area contributed by atoms with Crippen molar-refractivity contribution >= 4 is 44.8 Å². The Balaban J connectivity index is 1.95. The van der Waals surface area contributed by atoms with Crippen LogP contribution in [-0.4, -0.2) is 39.9 Å². The van der Waals surface area contributed by atoms with Crippen LogP contribution < -0.4 is 9.04 Å². The Kier molecular flexibility index (Phi) is 7.89. The SMILES string of the molecule is COc1ccccc1CN(C)C(=O)CN(c1cc(Cl)cc(Cl)c1)S(=O)(=O)c1ccc(C)cc1. The molecule has 0 unspecified atom stereocenters. The van der Waals surface area contributed by atoms with Gasteiger partial charge in [-0.3, -0.25) is 9.10 Å². The molecule has 0 fully saturated rings. The molecule has 3 rings (SSSR count). The number of ether oxygens (including phenoxy) is 1. The zero-order valence-electron chi connectivity index (χ0n) is 18.5. The molecule has 0 N–H and O–H groups in total. The van der Waals surface area contributed by atoms with Crippen LogP contribution in [-0.2, 0) is 21.4 Å². The number of sulfonamides is 1. The number of carbonyl (C=O) groups is 1. The van der Waals surface area contributed by atoms with Gasteiger partial charge in [-0.25, -0.2) is 8.42 Å². The average molecular weight is 507 g/mol. The second-order valence-corrected chi connectivity index (χ2v) is 10.2. The maximum Gasteiger partial charge on any atom is 0.264 e. The summed E-state index contributed by atoms with van der Waals surface area (Å²) in [5, 5.41) is 0.521. The third kappa shape index (κ3) is 5.99. The third-order valence-electron chi connectivity index (χ3n) is 5.05. The monoisotopic (exact) mass is 506 g/mol. The van der Waals surface area contributed by atoms with Crippen molar-refractivity contribution in [2.75, 3.05) is 25.0 Å². The molecule has 0 atom stereocenters. The number of rotatable bonds is 8. The van der Waals surface area contributed by atoms with Crippen LogP contribution in [0, 0.1) is 6.92 Å². The number of para-hydroxylation sites is 1. The fraction of sp³-hybridized carbons (Fsp3) is 0.208. The zero-order chi connectivity index (χ0) is 24.2. The van der Waals surface area contributed by atoms with Gasteiger partial charge < -0.3 is 9.64 Å². The van der Waals surface area contributed by atoms with E-state index in [4.69, 9.17) is 27.9 Å². The van der Waals surface area contributed by atoms with Crippen LogP contribution in [0.15, 0.2) is 71.6 Å². The second-order valence-electron chi connectivity index (χ2n) is 7.51. The predicted molar refractivity (Wildman–Crippen MR) is 132 cm³/mol. The Labute approximate surface area is 204 Å². The lowest BCUT2D eigenvalue weighted by molar-refractivity contribution is -0.128. The van der Waals surface area contributed by atoms with Crippen LogP contribution >= 0.6 is 23.2 Å². The van der Waals surface area contributed by atoms with Crippen molar-refractivity contribution in [2.24, 2.45) is 0 Å². The first-order valence-electron chi connectivity index (χ1n) is 10.0. The number of benzene rings is 3. The number of nitrogens with zero attached hydrogens (tertiary/aromatic N) is 2. The van der Waals surface area contributed by atoms with Crippen LogP contribution in [0.25, 0.3) is 0 Å². The highest BCUT2D eigenvalue weighted by molar-refractivity contribution is 7.92. The lowest BCUT2D eigenvalue weighted by Gasteiger charge is -2.27. The van der Waals surface area contributed by atoms with Gasteiger partial charge in [0, 0.05) is 29.2 Å². The van der Waals surface area contributed by atoms with Crippen LogP contribution in [0.3, 0.4) is 0 Å². The van der Waals surface area contributed by atoms with E-state index in [2.05, 4.69) is 0 Å². The molecule has 3 aromatic rings. The number of anilines is 1. The van der Waals surface area contributed by atoms with Gasteiger partial charge in [-0.1, -0.05) is 59.1 Å². The molecule has 0 saturated carbocycles. The number of aryl methyl sites for hydroxylation is 1. The minimum absolute atomic E-state index is 0.0596. The van der Waals surface area contributed by atoms with E-state index in [0.717, 1.165) is 15.4 Å². The highest BCUT2D eigenvalue weighted by atomic mass is 35.5. The van der Waals surface area contributed by atoms with E-state index in [1.165, 1.54) is 35.2 Å². The Hall–Kier alpha value is -2.74. The molecule has 3 aromatic carbocycles. The summed E-state index contributed by atoms with van der Waals surface area (Å²) in [4.78, 5) is 14.7. The lowest BCUT2D eigenvalue weighted by Crippen LogP contribution is -2.41.